The number of aliphatic hydroxyl groups is 1. The van der Waals surface area contributed by atoms with Crippen LogP contribution in [0.3, 0.4) is 0 Å². The van der Waals surface area contributed by atoms with Crippen molar-refractivity contribution in [2.45, 2.75) is 37.7 Å². The minimum atomic E-state index is 0.120. The fourth-order valence-corrected chi connectivity index (χ4v) is 4.17. The Balaban J connectivity index is 0.000000241. The van der Waals surface area contributed by atoms with Crippen molar-refractivity contribution >= 4 is 17.9 Å². The third kappa shape index (κ3) is 6.54. The lowest BCUT2D eigenvalue weighted by Crippen LogP contribution is -2.15. The molecule has 0 amide bonds. The minimum Gasteiger partial charge on any atom is -0.498 e. The van der Waals surface area contributed by atoms with E-state index < -0.39 is 0 Å². The summed E-state index contributed by atoms with van der Waals surface area (Å²) in [6.07, 6.45) is 10.6. The Kier molecular flexibility index (Phi) is 10.5. The van der Waals surface area contributed by atoms with Gasteiger partial charge in [0.25, 0.3) is 0 Å². The summed E-state index contributed by atoms with van der Waals surface area (Å²) in [5.41, 5.74) is 5.08. The van der Waals surface area contributed by atoms with Gasteiger partial charge in [0.1, 0.15) is 18.1 Å². The van der Waals surface area contributed by atoms with Crippen LogP contribution in [0.4, 0.5) is 0 Å². The fraction of sp³-hybridized carbons (Fsp3) is 0.346. The van der Waals surface area contributed by atoms with Gasteiger partial charge >= 0.3 is 0 Å². The van der Waals surface area contributed by atoms with Gasteiger partial charge in [-0.1, -0.05) is 54.1 Å². The summed E-state index contributed by atoms with van der Waals surface area (Å²) >= 11 is 6.10. The second kappa shape index (κ2) is 13.1. The summed E-state index contributed by atoms with van der Waals surface area (Å²) in [6, 6.07) is 14.5. The maximum atomic E-state index is 10.9. The highest BCUT2D eigenvalue weighted by molar-refractivity contribution is 6.30. The van der Waals surface area contributed by atoms with Crippen LogP contribution in [0, 0.1) is 0 Å². The number of halogens is 1. The van der Waals surface area contributed by atoms with E-state index in [9.17, 15) is 4.79 Å². The van der Waals surface area contributed by atoms with Crippen LogP contribution in [-0.2, 0) is 20.7 Å². The summed E-state index contributed by atoms with van der Waals surface area (Å²) in [5, 5.41) is 7.78. The summed E-state index contributed by atoms with van der Waals surface area (Å²) < 4.78 is 10.2. The van der Waals surface area contributed by atoms with Crippen LogP contribution >= 0.6 is 11.6 Å². The van der Waals surface area contributed by atoms with Crippen molar-refractivity contribution in [3.63, 3.8) is 0 Å². The van der Waals surface area contributed by atoms with Crippen molar-refractivity contribution in [3.8, 4) is 11.1 Å². The molecule has 2 aliphatic carbocycles. The molecule has 4 nitrogen and oxygen atoms in total. The van der Waals surface area contributed by atoms with E-state index in [0.29, 0.717) is 12.3 Å². The van der Waals surface area contributed by atoms with Gasteiger partial charge < -0.3 is 19.4 Å². The molecular weight excluding hydrogens is 412 g/mol. The van der Waals surface area contributed by atoms with Gasteiger partial charge in [0.15, 0.2) is 0 Å². The molecule has 0 aliphatic heterocycles. The van der Waals surface area contributed by atoms with Gasteiger partial charge in [0.2, 0.25) is 0 Å². The van der Waals surface area contributed by atoms with Crippen molar-refractivity contribution in [2.24, 2.45) is 0 Å². The van der Waals surface area contributed by atoms with Crippen molar-refractivity contribution in [2.75, 3.05) is 21.3 Å². The van der Waals surface area contributed by atoms with Crippen LogP contribution in [0.15, 0.2) is 66.5 Å². The number of methoxy groups -OCH3 is 2. The lowest BCUT2D eigenvalue weighted by molar-refractivity contribution is -0.108. The first-order chi connectivity index (χ1) is 15.2. The molecule has 1 N–H and O–H groups in total. The summed E-state index contributed by atoms with van der Waals surface area (Å²) in [4.78, 5) is 10.9. The predicted octanol–water partition coefficient (Wildman–Crippen LogP) is 5.73. The second-order valence-electron chi connectivity index (χ2n) is 7.19. The van der Waals surface area contributed by atoms with Crippen LogP contribution in [0.1, 0.15) is 36.3 Å². The van der Waals surface area contributed by atoms with E-state index in [1.165, 1.54) is 22.3 Å². The Morgan fingerprint density at radius 3 is 2.58 bits per heavy atom. The Morgan fingerprint density at radius 1 is 1.13 bits per heavy atom. The summed E-state index contributed by atoms with van der Waals surface area (Å²) in [5.74, 6) is 1.23. The van der Waals surface area contributed by atoms with Crippen LogP contribution in [0.5, 0.6) is 0 Å². The van der Waals surface area contributed by atoms with Gasteiger partial charge in [0.05, 0.1) is 7.11 Å². The van der Waals surface area contributed by atoms with Crippen molar-refractivity contribution in [3.05, 3.63) is 82.6 Å². The van der Waals surface area contributed by atoms with Gasteiger partial charge in [-0.3, -0.25) is 0 Å². The average Bonchev–Trinajstić information content (AvgIpc) is 2.98. The smallest absolute Gasteiger partial charge is 0.125 e. The van der Waals surface area contributed by atoms with E-state index >= 15 is 0 Å². The molecule has 166 valence electrons. The molecule has 2 unspecified atom stereocenters. The number of aldehydes is 1. The molecule has 2 aliphatic rings. The van der Waals surface area contributed by atoms with Gasteiger partial charge in [-0.15, -0.1) is 0 Å². The van der Waals surface area contributed by atoms with Crippen LogP contribution in [0.25, 0.3) is 11.1 Å². The quantitative estimate of drug-likeness (QED) is 0.614. The maximum Gasteiger partial charge on any atom is 0.125 e. The summed E-state index contributed by atoms with van der Waals surface area (Å²) in [7, 11) is 4.35. The number of ether oxygens (including phenoxy) is 2. The van der Waals surface area contributed by atoms with Crippen LogP contribution in [-0.4, -0.2) is 38.8 Å². The van der Waals surface area contributed by atoms with E-state index in [2.05, 4.69) is 42.5 Å². The number of carbonyl (C=O) groups is 1. The monoisotopic (exact) mass is 442 g/mol. The lowest BCUT2D eigenvalue weighted by atomic mass is 9.89. The number of aryl methyl sites for hydroxylation is 1. The highest BCUT2D eigenvalue weighted by Crippen LogP contribution is 2.39. The van der Waals surface area contributed by atoms with Gasteiger partial charge in [-0.2, -0.15) is 0 Å². The molecule has 0 fully saturated rings. The molecule has 0 aromatic heterocycles. The topological polar surface area (TPSA) is 55.8 Å². The maximum absolute atomic E-state index is 10.9. The highest BCUT2D eigenvalue weighted by Gasteiger charge is 2.21. The second-order valence-corrected chi connectivity index (χ2v) is 7.62. The molecule has 0 saturated carbocycles. The number of hydrogen-bond acceptors (Lipinski definition) is 4. The zero-order valence-corrected chi connectivity index (χ0v) is 19.1. The van der Waals surface area contributed by atoms with Crippen molar-refractivity contribution < 1.29 is 19.4 Å². The molecule has 2 atom stereocenters. The largest absolute Gasteiger partial charge is 0.498 e. The molecule has 2 aromatic carbocycles. The number of allylic oxidation sites excluding steroid dienone is 2. The Morgan fingerprint density at radius 2 is 1.90 bits per heavy atom. The Hall–Kier alpha value is -2.40. The molecule has 0 radical (unpaired) electrons. The molecule has 0 heterocycles. The minimum absolute atomic E-state index is 0.120. The van der Waals surface area contributed by atoms with Gasteiger partial charge in [-0.05, 0) is 65.6 Å². The average molecular weight is 443 g/mol. The van der Waals surface area contributed by atoms with Gasteiger partial charge in [0, 0.05) is 25.7 Å². The first-order valence-electron chi connectivity index (χ1n) is 10.4. The van der Waals surface area contributed by atoms with Crippen LogP contribution in [0.2, 0.25) is 5.02 Å². The summed E-state index contributed by atoms with van der Waals surface area (Å²) in [6.45, 7) is 0. The zero-order valence-electron chi connectivity index (χ0n) is 18.4. The first-order valence-corrected chi connectivity index (χ1v) is 10.7. The molecule has 31 heavy (non-hydrogen) atoms. The Labute approximate surface area is 190 Å². The first kappa shape index (κ1) is 24.9. The Bertz CT molecular complexity index is 904. The van der Waals surface area contributed by atoms with Crippen molar-refractivity contribution in [1.29, 1.82) is 0 Å². The molecular formula is C26H31ClO4. The predicted molar refractivity (Wildman–Crippen MR) is 126 cm³/mol. The molecule has 4 rings (SSSR count). The SMILES string of the molecule is CO.COC1=CC=CCC1OC.O=CCC1CCc2cc(Cl)ccc2-c2ccccc21. The van der Waals surface area contributed by atoms with E-state index in [4.69, 9.17) is 26.2 Å². The lowest BCUT2D eigenvalue weighted by Gasteiger charge is -2.17. The number of hydrogen-bond donors (Lipinski definition) is 1. The molecule has 2 aromatic rings. The standard InChI is InChI=1S/C17H15ClO.C8H12O2.CH4O/c18-14-7-8-16-13(11-14)6-5-12(9-10-19)15-3-1-2-4-17(15)16;1-9-7-5-3-4-6-8(7)10-2;1-2/h1-4,7-8,10-12H,5-6,9H2;3-5,8H,6H2,1-2H3;2H,1H3. The molecule has 0 spiro atoms. The fourth-order valence-electron chi connectivity index (χ4n) is 3.98. The molecule has 0 saturated heterocycles. The zero-order chi connectivity index (χ0) is 22.6. The number of benzene rings is 2. The third-order valence-corrected chi connectivity index (χ3v) is 5.72. The molecule has 0 bridgehead atoms. The molecule has 5 heteroatoms. The van der Waals surface area contributed by atoms with E-state index in [1.807, 2.05) is 18.2 Å². The highest BCUT2D eigenvalue weighted by atomic mass is 35.5. The van der Waals surface area contributed by atoms with E-state index in [0.717, 1.165) is 43.4 Å². The van der Waals surface area contributed by atoms with E-state index in [1.54, 1.807) is 14.2 Å². The number of rotatable bonds is 4. The van der Waals surface area contributed by atoms with Crippen molar-refractivity contribution in [1.82, 2.24) is 0 Å². The normalized spacial score (nSPS) is 18.5. The van der Waals surface area contributed by atoms with Gasteiger partial charge in [-0.25, -0.2) is 0 Å². The number of fused-ring (bicyclic) bond motifs is 3. The number of aliphatic hydroxyl groups excluding tert-OH is 1. The van der Waals surface area contributed by atoms with E-state index in [-0.39, 0.29) is 6.10 Å². The van der Waals surface area contributed by atoms with Crippen LogP contribution < -0.4 is 0 Å². The number of carbonyl (C=O) groups excluding carboxylic acids is 1. The third-order valence-electron chi connectivity index (χ3n) is 5.49.